The van der Waals surface area contributed by atoms with Crippen LogP contribution >= 0.6 is 9.47 Å². The minimum absolute atomic E-state index is 0.903. The molecule has 0 spiro atoms. The second-order valence-corrected chi connectivity index (χ2v) is 3.10. The first-order chi connectivity index (χ1) is 5.86. The van der Waals surface area contributed by atoms with E-state index < -0.39 is 0 Å². The van der Waals surface area contributed by atoms with Gasteiger partial charge in [0, 0.05) is 0 Å². The molecule has 0 N–H and O–H groups in total. The van der Waals surface area contributed by atoms with Crippen LogP contribution in [-0.2, 0) is 6.42 Å². The quantitative estimate of drug-likeness (QED) is 0.650. The maximum absolute atomic E-state index is 4.99. The van der Waals surface area contributed by atoms with Gasteiger partial charge < -0.3 is 4.52 Å². The Kier molecular flexibility index (Phi) is 4.10. The first-order valence-corrected chi connectivity index (χ1v) is 4.79. The first kappa shape index (κ1) is 9.54. The van der Waals surface area contributed by atoms with Crippen molar-refractivity contribution >= 4 is 9.47 Å². The Hall–Kier alpha value is -0.550. The van der Waals surface area contributed by atoms with Gasteiger partial charge in [-0.05, 0) is 30.5 Å². The van der Waals surface area contributed by atoms with E-state index in [1.807, 2.05) is 12.1 Å². The highest BCUT2D eigenvalue weighted by Gasteiger charge is 1.92. The van der Waals surface area contributed by atoms with Gasteiger partial charge in [0.2, 0.25) is 0 Å². The highest BCUT2D eigenvalue weighted by atomic mass is 31.0. The molecule has 1 atom stereocenters. The predicted molar refractivity (Wildman–Crippen MR) is 55.4 cm³/mol. The SMILES string of the molecule is CCCCc1ccc(OP)cc1. The van der Waals surface area contributed by atoms with Crippen LogP contribution in [0.1, 0.15) is 25.3 Å². The summed E-state index contributed by atoms with van der Waals surface area (Å²) in [4.78, 5) is 0. The Labute approximate surface area is 76.4 Å². The molecule has 12 heavy (non-hydrogen) atoms. The standard InChI is InChI=1S/C10H15OP/c1-2-3-4-9-5-7-10(11-12)8-6-9/h5-8H,2-4,12H2,1H3. The van der Waals surface area contributed by atoms with Gasteiger partial charge in [0.25, 0.3) is 0 Å². The molecule has 0 saturated carbocycles. The highest BCUT2D eigenvalue weighted by molar-refractivity contribution is 7.10. The Bertz CT molecular complexity index is 218. The van der Waals surface area contributed by atoms with E-state index >= 15 is 0 Å². The molecule has 0 radical (unpaired) electrons. The topological polar surface area (TPSA) is 9.23 Å². The van der Waals surface area contributed by atoms with Crippen LogP contribution < -0.4 is 4.52 Å². The van der Waals surface area contributed by atoms with Crippen molar-refractivity contribution in [1.29, 1.82) is 0 Å². The lowest BCUT2D eigenvalue weighted by Crippen LogP contribution is -1.83. The highest BCUT2D eigenvalue weighted by Crippen LogP contribution is 2.15. The Morgan fingerprint density at radius 3 is 2.42 bits per heavy atom. The molecule has 0 bridgehead atoms. The Balaban J connectivity index is 2.53. The second kappa shape index (κ2) is 5.16. The summed E-state index contributed by atoms with van der Waals surface area (Å²) < 4.78 is 4.99. The van der Waals surface area contributed by atoms with Crippen LogP contribution in [0.5, 0.6) is 5.75 Å². The summed E-state index contributed by atoms with van der Waals surface area (Å²) in [7, 11) is 2.25. The van der Waals surface area contributed by atoms with Crippen LogP contribution in [0.4, 0.5) is 0 Å². The number of hydrogen-bond acceptors (Lipinski definition) is 1. The van der Waals surface area contributed by atoms with E-state index in [-0.39, 0.29) is 0 Å². The molecule has 0 aliphatic carbocycles. The molecular weight excluding hydrogens is 167 g/mol. The molecule has 66 valence electrons. The minimum Gasteiger partial charge on any atom is -0.480 e. The second-order valence-electron chi connectivity index (χ2n) is 2.87. The average Bonchev–Trinajstić information content (AvgIpc) is 2.15. The summed E-state index contributed by atoms with van der Waals surface area (Å²) in [5, 5.41) is 0. The Morgan fingerprint density at radius 1 is 1.25 bits per heavy atom. The van der Waals surface area contributed by atoms with Crippen molar-refractivity contribution in [2.75, 3.05) is 0 Å². The number of hydrogen-bond donors (Lipinski definition) is 0. The zero-order valence-electron chi connectivity index (χ0n) is 7.42. The monoisotopic (exact) mass is 182 g/mol. The van der Waals surface area contributed by atoms with E-state index in [0.717, 1.165) is 5.75 Å². The molecule has 1 unspecified atom stereocenters. The van der Waals surface area contributed by atoms with Crippen LogP contribution in [0.2, 0.25) is 0 Å². The molecule has 0 saturated heterocycles. The van der Waals surface area contributed by atoms with Crippen molar-refractivity contribution < 1.29 is 4.52 Å². The van der Waals surface area contributed by atoms with E-state index in [9.17, 15) is 0 Å². The van der Waals surface area contributed by atoms with Crippen LogP contribution in [-0.4, -0.2) is 0 Å². The van der Waals surface area contributed by atoms with Gasteiger partial charge in [-0.2, -0.15) is 0 Å². The fraction of sp³-hybridized carbons (Fsp3) is 0.400. The van der Waals surface area contributed by atoms with Crippen molar-refractivity contribution in [3.8, 4) is 5.75 Å². The van der Waals surface area contributed by atoms with Crippen LogP contribution in [0.15, 0.2) is 24.3 Å². The van der Waals surface area contributed by atoms with Gasteiger partial charge in [-0.15, -0.1) is 0 Å². The van der Waals surface area contributed by atoms with Crippen molar-refractivity contribution in [1.82, 2.24) is 0 Å². The minimum atomic E-state index is 0.903. The third-order valence-electron chi connectivity index (χ3n) is 1.88. The van der Waals surface area contributed by atoms with Crippen molar-refractivity contribution in [2.45, 2.75) is 26.2 Å². The summed E-state index contributed by atoms with van der Waals surface area (Å²) >= 11 is 0. The maximum atomic E-state index is 4.99. The van der Waals surface area contributed by atoms with E-state index in [1.54, 1.807) is 0 Å². The molecular formula is C10H15OP. The molecule has 0 fully saturated rings. The zero-order valence-corrected chi connectivity index (χ0v) is 8.57. The fourth-order valence-corrected chi connectivity index (χ4v) is 1.27. The average molecular weight is 182 g/mol. The summed E-state index contributed by atoms with van der Waals surface area (Å²) in [5.74, 6) is 0.903. The molecule has 1 rings (SSSR count). The zero-order chi connectivity index (χ0) is 8.81. The number of aryl methyl sites for hydroxylation is 1. The van der Waals surface area contributed by atoms with Gasteiger partial charge in [-0.25, -0.2) is 0 Å². The third-order valence-corrected chi connectivity index (χ3v) is 2.15. The molecule has 0 heterocycles. The van der Waals surface area contributed by atoms with Gasteiger partial charge >= 0.3 is 0 Å². The van der Waals surface area contributed by atoms with E-state index in [1.165, 1.54) is 24.8 Å². The normalized spacial score (nSPS) is 9.83. The fourth-order valence-electron chi connectivity index (χ4n) is 1.12. The molecule has 1 aromatic carbocycles. The number of rotatable bonds is 4. The lowest BCUT2D eigenvalue weighted by atomic mass is 10.1. The van der Waals surface area contributed by atoms with E-state index in [2.05, 4.69) is 28.5 Å². The summed E-state index contributed by atoms with van der Waals surface area (Å²) in [6.07, 6.45) is 3.69. The third kappa shape index (κ3) is 2.83. The van der Waals surface area contributed by atoms with Crippen molar-refractivity contribution in [3.05, 3.63) is 29.8 Å². The number of unbranched alkanes of at least 4 members (excludes halogenated alkanes) is 1. The predicted octanol–water partition coefficient (Wildman–Crippen LogP) is 3.20. The molecule has 1 nitrogen and oxygen atoms in total. The van der Waals surface area contributed by atoms with Gasteiger partial charge in [0.1, 0.15) is 5.75 Å². The van der Waals surface area contributed by atoms with Crippen molar-refractivity contribution in [2.24, 2.45) is 0 Å². The first-order valence-electron chi connectivity index (χ1n) is 4.32. The number of benzene rings is 1. The van der Waals surface area contributed by atoms with Gasteiger partial charge in [-0.1, -0.05) is 25.5 Å². The van der Waals surface area contributed by atoms with Gasteiger partial charge in [0.05, 0.1) is 9.47 Å². The smallest absolute Gasteiger partial charge is 0.122 e. The van der Waals surface area contributed by atoms with Crippen LogP contribution in [0, 0.1) is 0 Å². The molecule has 0 aromatic heterocycles. The van der Waals surface area contributed by atoms with E-state index in [4.69, 9.17) is 4.52 Å². The lowest BCUT2D eigenvalue weighted by Gasteiger charge is -2.01. The Morgan fingerprint density at radius 2 is 1.92 bits per heavy atom. The van der Waals surface area contributed by atoms with Crippen LogP contribution in [0.25, 0.3) is 0 Å². The van der Waals surface area contributed by atoms with E-state index in [0.29, 0.717) is 0 Å². The molecule has 0 amide bonds. The largest absolute Gasteiger partial charge is 0.480 e. The molecule has 0 aliphatic heterocycles. The molecule has 0 aliphatic rings. The van der Waals surface area contributed by atoms with Crippen LogP contribution in [0.3, 0.4) is 0 Å². The summed E-state index contributed by atoms with van der Waals surface area (Å²) in [6.45, 7) is 2.21. The summed E-state index contributed by atoms with van der Waals surface area (Å²) in [6, 6.07) is 8.24. The van der Waals surface area contributed by atoms with Gasteiger partial charge in [0.15, 0.2) is 0 Å². The molecule has 2 heteroatoms. The summed E-state index contributed by atoms with van der Waals surface area (Å²) in [5.41, 5.74) is 1.39. The molecule has 1 aromatic rings. The van der Waals surface area contributed by atoms with Crippen molar-refractivity contribution in [3.63, 3.8) is 0 Å². The lowest BCUT2D eigenvalue weighted by molar-refractivity contribution is 0.645. The van der Waals surface area contributed by atoms with Gasteiger partial charge in [-0.3, -0.25) is 0 Å². The maximum Gasteiger partial charge on any atom is 0.122 e.